The lowest BCUT2D eigenvalue weighted by molar-refractivity contribution is 0.300. The molecular formula is C10H11NO2. The second kappa shape index (κ2) is 3.56. The minimum atomic E-state index is 0.424. The molecule has 0 unspecified atom stereocenters. The Morgan fingerprint density at radius 2 is 2.31 bits per heavy atom. The number of hydrogen-bond acceptors (Lipinski definition) is 3. The summed E-state index contributed by atoms with van der Waals surface area (Å²) in [5, 5.41) is 2.84. The van der Waals surface area contributed by atoms with Crippen LogP contribution in [0, 0.1) is 10.8 Å². The Balaban J connectivity index is 1.97. The lowest BCUT2D eigenvalue weighted by Crippen LogP contribution is -1.98. The van der Waals surface area contributed by atoms with Crippen molar-refractivity contribution in [3.8, 4) is 5.75 Å². The topological polar surface area (TPSA) is 38.7 Å². The number of rotatable bonds is 4. The normalized spacial score (nSPS) is 15.4. The molecule has 0 radical (unpaired) electrons. The molecule has 0 spiro atoms. The van der Waals surface area contributed by atoms with Gasteiger partial charge in [0, 0.05) is 6.07 Å². The average molecular weight is 177 g/mol. The first kappa shape index (κ1) is 8.23. The van der Waals surface area contributed by atoms with Gasteiger partial charge in [0.25, 0.3) is 0 Å². The van der Waals surface area contributed by atoms with Crippen molar-refractivity contribution in [3.63, 3.8) is 0 Å². The zero-order chi connectivity index (χ0) is 9.10. The quantitative estimate of drug-likeness (QED) is 0.663. The van der Waals surface area contributed by atoms with Gasteiger partial charge in [-0.2, -0.15) is 0 Å². The third-order valence-corrected chi connectivity index (χ3v) is 2.11. The van der Waals surface area contributed by atoms with Gasteiger partial charge < -0.3 is 4.74 Å². The van der Waals surface area contributed by atoms with E-state index in [1.165, 1.54) is 12.8 Å². The molecule has 1 saturated carbocycles. The van der Waals surface area contributed by atoms with E-state index < -0.39 is 0 Å². The van der Waals surface area contributed by atoms with Crippen LogP contribution in [0.2, 0.25) is 0 Å². The van der Waals surface area contributed by atoms with Gasteiger partial charge in [0.2, 0.25) is 0 Å². The fraction of sp³-hybridized carbons (Fsp3) is 0.400. The van der Waals surface area contributed by atoms with E-state index in [1.54, 1.807) is 18.2 Å². The monoisotopic (exact) mass is 177 g/mol. The van der Waals surface area contributed by atoms with E-state index in [4.69, 9.17) is 4.74 Å². The van der Waals surface area contributed by atoms with Crippen LogP contribution in [0.25, 0.3) is 0 Å². The zero-order valence-corrected chi connectivity index (χ0v) is 7.27. The molecule has 13 heavy (non-hydrogen) atoms. The molecule has 1 aliphatic carbocycles. The Morgan fingerprint density at radius 3 is 3.00 bits per heavy atom. The molecule has 3 heteroatoms. The van der Waals surface area contributed by atoms with Gasteiger partial charge in [-0.25, -0.2) is 0 Å². The second-order valence-electron chi connectivity index (χ2n) is 3.34. The third kappa shape index (κ3) is 2.28. The Morgan fingerprint density at radius 1 is 1.46 bits per heavy atom. The van der Waals surface area contributed by atoms with Gasteiger partial charge in [-0.15, -0.1) is 4.91 Å². The third-order valence-electron chi connectivity index (χ3n) is 2.11. The maximum absolute atomic E-state index is 10.2. The Kier molecular flexibility index (Phi) is 2.25. The summed E-state index contributed by atoms with van der Waals surface area (Å²) in [5.41, 5.74) is 0.424. The largest absolute Gasteiger partial charge is 0.493 e. The molecular weight excluding hydrogens is 166 g/mol. The fourth-order valence-electron chi connectivity index (χ4n) is 1.13. The van der Waals surface area contributed by atoms with E-state index in [9.17, 15) is 4.91 Å². The van der Waals surface area contributed by atoms with Gasteiger partial charge in [0.05, 0.1) is 6.61 Å². The molecule has 0 N–H and O–H groups in total. The van der Waals surface area contributed by atoms with Crippen LogP contribution in [0.15, 0.2) is 29.4 Å². The first-order valence-corrected chi connectivity index (χ1v) is 4.45. The average Bonchev–Trinajstić information content (AvgIpc) is 2.99. The van der Waals surface area contributed by atoms with Gasteiger partial charge in [-0.1, -0.05) is 6.07 Å². The van der Waals surface area contributed by atoms with Crippen molar-refractivity contribution in [2.45, 2.75) is 12.8 Å². The summed E-state index contributed by atoms with van der Waals surface area (Å²) in [6, 6.07) is 6.95. The number of hydrogen-bond donors (Lipinski definition) is 0. The standard InChI is InChI=1S/C10H11NO2/c12-11-9-2-1-3-10(6-9)13-7-8-4-5-8/h1-3,6,8H,4-5,7H2. The van der Waals surface area contributed by atoms with Crippen molar-refractivity contribution < 1.29 is 4.74 Å². The summed E-state index contributed by atoms with van der Waals surface area (Å²) in [6.45, 7) is 0.766. The number of ether oxygens (including phenoxy) is 1. The maximum Gasteiger partial charge on any atom is 0.121 e. The molecule has 0 heterocycles. The van der Waals surface area contributed by atoms with Gasteiger partial charge in [0.1, 0.15) is 11.4 Å². The molecule has 3 nitrogen and oxygen atoms in total. The SMILES string of the molecule is O=Nc1cccc(OCC2CC2)c1. The van der Waals surface area contributed by atoms with Crippen LogP contribution in [0.5, 0.6) is 5.75 Å². The Bertz CT molecular complexity index is 308. The van der Waals surface area contributed by atoms with Crippen molar-refractivity contribution in [3.05, 3.63) is 29.2 Å². The number of benzene rings is 1. The van der Waals surface area contributed by atoms with Crippen molar-refractivity contribution in [2.24, 2.45) is 11.1 Å². The highest BCUT2D eigenvalue weighted by molar-refractivity contribution is 5.42. The number of nitroso groups, excluding NO2 is 1. The van der Waals surface area contributed by atoms with Crippen LogP contribution in [-0.2, 0) is 0 Å². The maximum atomic E-state index is 10.2. The Labute approximate surface area is 76.7 Å². The molecule has 0 aliphatic heterocycles. The summed E-state index contributed by atoms with van der Waals surface area (Å²) in [5.74, 6) is 1.47. The highest BCUT2D eigenvalue weighted by Crippen LogP contribution is 2.30. The molecule has 1 fully saturated rings. The molecule has 1 aliphatic rings. The minimum absolute atomic E-state index is 0.424. The number of nitrogens with zero attached hydrogens (tertiary/aromatic N) is 1. The van der Waals surface area contributed by atoms with Gasteiger partial charge in [0.15, 0.2) is 0 Å². The zero-order valence-electron chi connectivity index (χ0n) is 7.27. The summed E-state index contributed by atoms with van der Waals surface area (Å²) in [4.78, 5) is 10.2. The van der Waals surface area contributed by atoms with E-state index in [0.29, 0.717) is 5.69 Å². The van der Waals surface area contributed by atoms with Crippen LogP contribution in [-0.4, -0.2) is 6.61 Å². The molecule has 0 bridgehead atoms. The van der Waals surface area contributed by atoms with Crippen molar-refractivity contribution >= 4 is 5.69 Å². The van der Waals surface area contributed by atoms with Gasteiger partial charge in [-0.3, -0.25) is 0 Å². The van der Waals surface area contributed by atoms with Crippen molar-refractivity contribution in [1.29, 1.82) is 0 Å². The van der Waals surface area contributed by atoms with E-state index in [-0.39, 0.29) is 0 Å². The molecule has 0 atom stereocenters. The molecule has 1 aromatic rings. The molecule has 0 saturated heterocycles. The smallest absolute Gasteiger partial charge is 0.121 e. The van der Waals surface area contributed by atoms with Crippen LogP contribution in [0.4, 0.5) is 5.69 Å². The molecule has 1 aromatic carbocycles. The van der Waals surface area contributed by atoms with E-state index in [1.807, 2.05) is 6.07 Å². The highest BCUT2D eigenvalue weighted by atomic mass is 16.5. The van der Waals surface area contributed by atoms with Crippen LogP contribution in [0.3, 0.4) is 0 Å². The highest BCUT2D eigenvalue weighted by Gasteiger charge is 2.21. The van der Waals surface area contributed by atoms with E-state index in [0.717, 1.165) is 18.3 Å². The molecule has 0 amide bonds. The lowest BCUT2D eigenvalue weighted by Gasteiger charge is -2.03. The summed E-state index contributed by atoms with van der Waals surface area (Å²) in [6.07, 6.45) is 2.54. The van der Waals surface area contributed by atoms with Crippen molar-refractivity contribution in [2.75, 3.05) is 6.61 Å². The fourth-order valence-corrected chi connectivity index (χ4v) is 1.13. The van der Waals surface area contributed by atoms with Crippen LogP contribution < -0.4 is 4.74 Å². The summed E-state index contributed by atoms with van der Waals surface area (Å²) in [7, 11) is 0. The summed E-state index contributed by atoms with van der Waals surface area (Å²) >= 11 is 0. The summed E-state index contributed by atoms with van der Waals surface area (Å²) < 4.78 is 5.47. The van der Waals surface area contributed by atoms with Crippen LogP contribution in [0.1, 0.15) is 12.8 Å². The van der Waals surface area contributed by atoms with E-state index in [2.05, 4.69) is 5.18 Å². The second-order valence-corrected chi connectivity index (χ2v) is 3.34. The predicted molar refractivity (Wildman–Crippen MR) is 50.1 cm³/mol. The predicted octanol–water partition coefficient (Wildman–Crippen LogP) is 2.87. The van der Waals surface area contributed by atoms with Gasteiger partial charge >= 0.3 is 0 Å². The first-order valence-electron chi connectivity index (χ1n) is 4.45. The molecule has 68 valence electrons. The van der Waals surface area contributed by atoms with E-state index >= 15 is 0 Å². The van der Waals surface area contributed by atoms with Gasteiger partial charge in [-0.05, 0) is 36.1 Å². The molecule has 2 rings (SSSR count). The van der Waals surface area contributed by atoms with Crippen LogP contribution >= 0.6 is 0 Å². The molecule has 0 aromatic heterocycles. The first-order chi connectivity index (χ1) is 6.38. The Hall–Kier alpha value is -1.38. The van der Waals surface area contributed by atoms with Crippen molar-refractivity contribution in [1.82, 2.24) is 0 Å². The minimum Gasteiger partial charge on any atom is -0.493 e. The lowest BCUT2D eigenvalue weighted by atomic mass is 10.3.